The minimum absolute atomic E-state index is 0.484. The van der Waals surface area contributed by atoms with Crippen LogP contribution in [0.1, 0.15) is 5.82 Å². The van der Waals surface area contributed by atoms with Crippen LogP contribution < -0.4 is 5.73 Å². The van der Waals surface area contributed by atoms with Crippen LogP contribution in [0.5, 0.6) is 0 Å². The van der Waals surface area contributed by atoms with Gasteiger partial charge in [-0.25, -0.2) is 0 Å². The van der Waals surface area contributed by atoms with E-state index in [-0.39, 0.29) is 0 Å². The number of halogens is 1. The highest BCUT2D eigenvalue weighted by Gasteiger charge is 2.10. The van der Waals surface area contributed by atoms with Gasteiger partial charge in [0.05, 0.1) is 5.75 Å². The van der Waals surface area contributed by atoms with Crippen LogP contribution in [0, 0.1) is 0 Å². The predicted octanol–water partition coefficient (Wildman–Crippen LogP) is 4.37. The van der Waals surface area contributed by atoms with Gasteiger partial charge in [0, 0.05) is 20.6 Å². The van der Waals surface area contributed by atoms with Gasteiger partial charge >= 0.3 is 0 Å². The van der Waals surface area contributed by atoms with Gasteiger partial charge in [-0.1, -0.05) is 23.4 Å². The topological polar surface area (TPSA) is 64.9 Å². The zero-order valence-electron chi connectivity index (χ0n) is 11.0. The van der Waals surface area contributed by atoms with Crippen LogP contribution in [0.4, 0.5) is 5.69 Å². The number of benzene rings is 2. The number of nitrogen functional groups attached to an aromatic ring is 1. The summed E-state index contributed by atoms with van der Waals surface area (Å²) in [6.45, 7) is 0. The SMILES string of the molecule is Nc1cc(-c2nc(CSc3ccccc3)no2)ccc1Br. The van der Waals surface area contributed by atoms with E-state index in [0.29, 0.717) is 23.2 Å². The molecule has 0 aliphatic carbocycles. The molecule has 2 aromatic carbocycles. The van der Waals surface area contributed by atoms with E-state index in [9.17, 15) is 0 Å². The molecular weight excluding hydrogens is 350 g/mol. The van der Waals surface area contributed by atoms with Crippen molar-refractivity contribution in [3.63, 3.8) is 0 Å². The number of nitrogens with zero attached hydrogens (tertiary/aromatic N) is 2. The molecule has 0 amide bonds. The van der Waals surface area contributed by atoms with Gasteiger partial charge in [0.1, 0.15) is 0 Å². The first-order valence-corrected chi connectivity index (χ1v) is 8.06. The first-order valence-electron chi connectivity index (χ1n) is 6.28. The molecule has 0 saturated carbocycles. The normalized spacial score (nSPS) is 10.7. The highest BCUT2D eigenvalue weighted by Crippen LogP contribution is 2.27. The van der Waals surface area contributed by atoms with Gasteiger partial charge in [-0.3, -0.25) is 0 Å². The van der Waals surface area contributed by atoms with Crippen molar-refractivity contribution in [2.75, 3.05) is 5.73 Å². The third kappa shape index (κ3) is 3.46. The van der Waals surface area contributed by atoms with Crippen molar-refractivity contribution in [2.24, 2.45) is 0 Å². The van der Waals surface area contributed by atoms with Crippen molar-refractivity contribution in [1.82, 2.24) is 10.1 Å². The van der Waals surface area contributed by atoms with E-state index in [1.807, 2.05) is 36.4 Å². The quantitative estimate of drug-likeness (QED) is 0.551. The third-order valence-electron chi connectivity index (χ3n) is 2.82. The Morgan fingerprint density at radius 1 is 1.14 bits per heavy atom. The molecule has 2 N–H and O–H groups in total. The highest BCUT2D eigenvalue weighted by molar-refractivity contribution is 9.10. The Hall–Kier alpha value is -1.79. The van der Waals surface area contributed by atoms with E-state index >= 15 is 0 Å². The second-order valence-electron chi connectivity index (χ2n) is 4.35. The second-order valence-corrected chi connectivity index (χ2v) is 6.26. The summed E-state index contributed by atoms with van der Waals surface area (Å²) in [4.78, 5) is 5.57. The Balaban J connectivity index is 1.72. The number of nitrogens with two attached hydrogens (primary N) is 1. The molecule has 1 heterocycles. The monoisotopic (exact) mass is 361 g/mol. The van der Waals surface area contributed by atoms with Gasteiger partial charge in [0.15, 0.2) is 5.82 Å². The molecular formula is C15H12BrN3OS. The Bertz CT molecular complexity index is 746. The molecule has 0 radical (unpaired) electrons. The van der Waals surface area contributed by atoms with E-state index < -0.39 is 0 Å². The average molecular weight is 362 g/mol. The molecule has 4 nitrogen and oxygen atoms in total. The van der Waals surface area contributed by atoms with Crippen LogP contribution in [0.15, 0.2) is 62.4 Å². The lowest BCUT2D eigenvalue weighted by Gasteiger charge is -1.99. The van der Waals surface area contributed by atoms with Crippen molar-refractivity contribution in [3.05, 3.63) is 58.8 Å². The molecule has 0 aliphatic heterocycles. The van der Waals surface area contributed by atoms with E-state index in [4.69, 9.17) is 10.3 Å². The number of anilines is 1. The number of hydrogen-bond acceptors (Lipinski definition) is 5. The number of thioether (sulfide) groups is 1. The molecule has 0 spiro atoms. The molecule has 0 unspecified atom stereocenters. The van der Waals surface area contributed by atoms with Crippen molar-refractivity contribution in [1.29, 1.82) is 0 Å². The van der Waals surface area contributed by atoms with E-state index in [0.717, 1.165) is 10.0 Å². The first-order chi connectivity index (χ1) is 10.2. The summed E-state index contributed by atoms with van der Waals surface area (Å²) < 4.78 is 6.14. The fraction of sp³-hybridized carbons (Fsp3) is 0.0667. The predicted molar refractivity (Wildman–Crippen MR) is 87.8 cm³/mol. The maximum absolute atomic E-state index is 5.86. The number of hydrogen-bond donors (Lipinski definition) is 1. The molecule has 106 valence electrons. The number of aromatic nitrogens is 2. The Morgan fingerprint density at radius 2 is 1.95 bits per heavy atom. The molecule has 0 saturated heterocycles. The molecule has 3 aromatic rings. The van der Waals surface area contributed by atoms with Crippen molar-refractivity contribution in [3.8, 4) is 11.5 Å². The van der Waals surface area contributed by atoms with Crippen molar-refractivity contribution < 1.29 is 4.52 Å². The Morgan fingerprint density at radius 3 is 2.71 bits per heavy atom. The molecule has 0 aliphatic rings. The molecule has 3 rings (SSSR count). The van der Waals surface area contributed by atoms with Gasteiger partial charge in [-0.15, -0.1) is 11.8 Å². The molecule has 0 fully saturated rings. The summed E-state index contributed by atoms with van der Waals surface area (Å²) in [6.07, 6.45) is 0. The second kappa shape index (κ2) is 6.32. The summed E-state index contributed by atoms with van der Waals surface area (Å²) in [5.74, 6) is 1.82. The molecule has 6 heteroatoms. The maximum atomic E-state index is 5.86. The summed E-state index contributed by atoms with van der Waals surface area (Å²) in [5, 5.41) is 4.00. The average Bonchev–Trinajstić information content (AvgIpc) is 2.98. The summed E-state index contributed by atoms with van der Waals surface area (Å²) >= 11 is 5.03. The van der Waals surface area contributed by atoms with Crippen LogP contribution in [0.3, 0.4) is 0 Å². The smallest absolute Gasteiger partial charge is 0.258 e. The van der Waals surface area contributed by atoms with Crippen LogP contribution in [-0.4, -0.2) is 10.1 Å². The summed E-state index contributed by atoms with van der Waals surface area (Å²) in [5.41, 5.74) is 7.32. The largest absolute Gasteiger partial charge is 0.398 e. The Kier molecular flexibility index (Phi) is 4.26. The fourth-order valence-corrected chi connectivity index (χ4v) is 2.78. The van der Waals surface area contributed by atoms with Crippen LogP contribution in [0.25, 0.3) is 11.5 Å². The van der Waals surface area contributed by atoms with Gasteiger partial charge in [-0.2, -0.15) is 4.98 Å². The lowest BCUT2D eigenvalue weighted by atomic mass is 10.2. The lowest BCUT2D eigenvalue weighted by Crippen LogP contribution is -1.88. The third-order valence-corrected chi connectivity index (χ3v) is 4.55. The van der Waals surface area contributed by atoms with Crippen LogP contribution >= 0.6 is 27.7 Å². The first kappa shape index (κ1) is 14.2. The summed E-state index contributed by atoms with van der Waals surface area (Å²) in [6, 6.07) is 15.7. The van der Waals surface area contributed by atoms with Gasteiger partial charge in [0.2, 0.25) is 0 Å². The summed E-state index contributed by atoms with van der Waals surface area (Å²) in [7, 11) is 0. The lowest BCUT2D eigenvalue weighted by molar-refractivity contribution is 0.425. The maximum Gasteiger partial charge on any atom is 0.258 e. The van der Waals surface area contributed by atoms with E-state index in [1.165, 1.54) is 4.90 Å². The standard InChI is InChI=1S/C15H12BrN3OS/c16-12-7-6-10(8-13(12)17)15-18-14(19-20-15)9-21-11-4-2-1-3-5-11/h1-8H,9,17H2. The van der Waals surface area contributed by atoms with Gasteiger partial charge in [-0.05, 0) is 46.3 Å². The molecule has 21 heavy (non-hydrogen) atoms. The highest BCUT2D eigenvalue weighted by atomic mass is 79.9. The molecule has 0 atom stereocenters. The molecule has 1 aromatic heterocycles. The minimum atomic E-state index is 0.484. The fourth-order valence-electron chi connectivity index (χ4n) is 1.77. The number of rotatable bonds is 4. The van der Waals surface area contributed by atoms with Gasteiger partial charge < -0.3 is 10.3 Å². The Labute approximate surface area is 134 Å². The van der Waals surface area contributed by atoms with Crippen LogP contribution in [0.2, 0.25) is 0 Å². The molecule has 0 bridgehead atoms. The van der Waals surface area contributed by atoms with E-state index in [2.05, 4.69) is 38.2 Å². The van der Waals surface area contributed by atoms with Crippen LogP contribution in [-0.2, 0) is 5.75 Å². The van der Waals surface area contributed by atoms with Gasteiger partial charge in [0.25, 0.3) is 5.89 Å². The zero-order chi connectivity index (χ0) is 14.7. The zero-order valence-corrected chi connectivity index (χ0v) is 13.4. The van der Waals surface area contributed by atoms with E-state index in [1.54, 1.807) is 11.8 Å². The minimum Gasteiger partial charge on any atom is -0.398 e. The van der Waals surface area contributed by atoms with Crippen molar-refractivity contribution in [2.45, 2.75) is 10.6 Å². The van der Waals surface area contributed by atoms with Crippen molar-refractivity contribution >= 4 is 33.4 Å².